The highest BCUT2D eigenvalue weighted by molar-refractivity contribution is 9.11. The van der Waals surface area contributed by atoms with Gasteiger partial charge >= 0.3 is 0 Å². The number of thiophene rings is 1. The van der Waals surface area contributed by atoms with Crippen molar-refractivity contribution in [3.05, 3.63) is 20.8 Å². The lowest BCUT2D eigenvalue weighted by atomic mass is 10.3. The molecule has 0 aromatic carbocycles. The summed E-state index contributed by atoms with van der Waals surface area (Å²) in [5, 5.41) is 11.2. The summed E-state index contributed by atoms with van der Waals surface area (Å²) < 4.78 is 1.02. The van der Waals surface area contributed by atoms with Gasteiger partial charge in [0.1, 0.15) is 6.04 Å². The predicted octanol–water partition coefficient (Wildman–Crippen LogP) is 0.446. The van der Waals surface area contributed by atoms with Crippen molar-refractivity contribution in [3.63, 3.8) is 0 Å². The predicted molar refractivity (Wildman–Crippen MR) is 58.9 cm³/mol. The molecule has 1 aromatic rings. The van der Waals surface area contributed by atoms with Crippen LogP contribution in [0.4, 0.5) is 0 Å². The SMILES string of the molecule is NC(CO)C(=O)NCc1ccc(Br)s1. The van der Waals surface area contributed by atoms with Gasteiger partial charge in [0, 0.05) is 4.88 Å². The molecule has 0 bridgehead atoms. The average molecular weight is 279 g/mol. The van der Waals surface area contributed by atoms with Gasteiger partial charge in [-0.1, -0.05) is 0 Å². The zero-order valence-corrected chi connectivity index (χ0v) is 9.77. The van der Waals surface area contributed by atoms with Crippen LogP contribution in [0.25, 0.3) is 0 Å². The number of hydrogen-bond donors (Lipinski definition) is 3. The number of halogens is 1. The summed E-state index contributed by atoms with van der Waals surface area (Å²) in [5.74, 6) is -0.336. The number of rotatable bonds is 4. The lowest BCUT2D eigenvalue weighted by Crippen LogP contribution is -2.42. The third-order valence-electron chi connectivity index (χ3n) is 1.60. The van der Waals surface area contributed by atoms with E-state index in [2.05, 4.69) is 21.2 Å². The third kappa shape index (κ3) is 3.38. The molecule has 1 amide bonds. The Morgan fingerprint density at radius 1 is 1.71 bits per heavy atom. The number of aliphatic hydroxyl groups excluding tert-OH is 1. The summed E-state index contributed by atoms with van der Waals surface area (Å²) in [6.45, 7) is 0.114. The molecule has 0 fully saturated rings. The Bertz CT molecular complexity index is 316. The molecular formula is C8H11BrN2O2S. The number of amides is 1. The fraction of sp³-hybridized carbons (Fsp3) is 0.375. The second-order valence-corrected chi connectivity index (χ2v) is 5.26. The van der Waals surface area contributed by atoms with Gasteiger partial charge in [0.2, 0.25) is 5.91 Å². The Hall–Kier alpha value is -0.430. The molecule has 0 aliphatic carbocycles. The Labute approximate surface area is 94.2 Å². The van der Waals surface area contributed by atoms with Crippen LogP contribution in [-0.4, -0.2) is 23.7 Å². The molecule has 6 heteroatoms. The number of nitrogens with two attached hydrogens (primary N) is 1. The van der Waals surface area contributed by atoms with Crippen LogP contribution in [0.15, 0.2) is 15.9 Å². The quantitative estimate of drug-likeness (QED) is 0.749. The highest BCUT2D eigenvalue weighted by atomic mass is 79.9. The van der Waals surface area contributed by atoms with Crippen molar-refractivity contribution < 1.29 is 9.90 Å². The van der Waals surface area contributed by atoms with Crippen LogP contribution in [0.2, 0.25) is 0 Å². The van der Waals surface area contributed by atoms with Crippen molar-refractivity contribution in [1.29, 1.82) is 0 Å². The van der Waals surface area contributed by atoms with Crippen LogP contribution in [-0.2, 0) is 11.3 Å². The van der Waals surface area contributed by atoms with Crippen molar-refractivity contribution >= 4 is 33.2 Å². The second-order valence-electron chi connectivity index (χ2n) is 2.71. The van der Waals surface area contributed by atoms with Gasteiger partial charge in [-0.2, -0.15) is 0 Å². The minimum atomic E-state index is -0.835. The molecule has 1 heterocycles. The summed E-state index contributed by atoms with van der Waals surface area (Å²) in [5.41, 5.74) is 5.32. The normalized spacial score (nSPS) is 12.5. The van der Waals surface area contributed by atoms with Crippen LogP contribution >= 0.6 is 27.3 Å². The molecule has 14 heavy (non-hydrogen) atoms. The molecule has 1 aromatic heterocycles. The Kier molecular flexibility index (Phi) is 4.53. The summed E-state index contributed by atoms with van der Waals surface area (Å²) in [6, 6.07) is 3.00. The second kappa shape index (κ2) is 5.45. The molecule has 0 spiro atoms. The van der Waals surface area contributed by atoms with Gasteiger partial charge in [0.15, 0.2) is 0 Å². The van der Waals surface area contributed by atoms with Crippen molar-refractivity contribution in [1.82, 2.24) is 5.32 Å². The van der Waals surface area contributed by atoms with Crippen LogP contribution in [0, 0.1) is 0 Å². The standard InChI is InChI=1S/C8H11BrN2O2S/c9-7-2-1-5(14-7)3-11-8(13)6(10)4-12/h1-2,6,12H,3-4,10H2,(H,11,13). The van der Waals surface area contributed by atoms with Crippen molar-refractivity contribution in [3.8, 4) is 0 Å². The van der Waals surface area contributed by atoms with Gasteiger partial charge < -0.3 is 16.2 Å². The smallest absolute Gasteiger partial charge is 0.239 e. The molecule has 78 valence electrons. The first-order valence-corrected chi connectivity index (χ1v) is 5.63. The summed E-state index contributed by atoms with van der Waals surface area (Å²) in [6.07, 6.45) is 0. The van der Waals surface area contributed by atoms with Crippen molar-refractivity contribution in [2.24, 2.45) is 5.73 Å². The molecule has 1 unspecified atom stereocenters. The molecule has 1 rings (SSSR count). The molecular weight excluding hydrogens is 268 g/mol. The van der Waals surface area contributed by atoms with Crippen LogP contribution in [0.3, 0.4) is 0 Å². The van der Waals surface area contributed by atoms with Crippen LogP contribution < -0.4 is 11.1 Å². The van der Waals surface area contributed by atoms with Gasteiger partial charge in [0.05, 0.1) is 16.9 Å². The van der Waals surface area contributed by atoms with E-state index in [1.54, 1.807) is 11.3 Å². The van der Waals surface area contributed by atoms with Gasteiger partial charge in [-0.05, 0) is 28.1 Å². The molecule has 0 saturated heterocycles. The van der Waals surface area contributed by atoms with E-state index >= 15 is 0 Å². The Balaban J connectivity index is 2.37. The fourth-order valence-electron chi connectivity index (χ4n) is 0.835. The lowest BCUT2D eigenvalue weighted by Gasteiger charge is -2.07. The molecule has 4 N–H and O–H groups in total. The highest BCUT2D eigenvalue weighted by Crippen LogP contribution is 2.21. The zero-order chi connectivity index (χ0) is 10.6. The van der Waals surface area contributed by atoms with E-state index in [9.17, 15) is 4.79 Å². The van der Waals surface area contributed by atoms with Gasteiger partial charge in [-0.15, -0.1) is 11.3 Å². The number of carbonyl (C=O) groups excluding carboxylic acids is 1. The summed E-state index contributed by atoms with van der Waals surface area (Å²) in [7, 11) is 0. The van der Waals surface area contributed by atoms with Crippen LogP contribution in [0.5, 0.6) is 0 Å². The monoisotopic (exact) mass is 278 g/mol. The van der Waals surface area contributed by atoms with E-state index < -0.39 is 6.04 Å². The molecule has 0 aliphatic rings. The first kappa shape index (κ1) is 11.6. The van der Waals surface area contributed by atoms with E-state index in [4.69, 9.17) is 10.8 Å². The molecule has 1 atom stereocenters. The number of carbonyl (C=O) groups is 1. The van der Waals surface area contributed by atoms with E-state index in [-0.39, 0.29) is 12.5 Å². The molecule has 0 saturated carbocycles. The number of aliphatic hydroxyl groups is 1. The maximum absolute atomic E-state index is 11.2. The maximum atomic E-state index is 11.2. The zero-order valence-electron chi connectivity index (χ0n) is 7.37. The van der Waals surface area contributed by atoms with E-state index in [0.717, 1.165) is 8.66 Å². The van der Waals surface area contributed by atoms with Gasteiger partial charge in [-0.25, -0.2) is 0 Å². The number of nitrogens with one attached hydrogen (secondary N) is 1. The minimum Gasteiger partial charge on any atom is -0.394 e. The first-order chi connectivity index (χ1) is 6.63. The topological polar surface area (TPSA) is 75.3 Å². The fourth-order valence-corrected chi connectivity index (χ4v) is 2.26. The van der Waals surface area contributed by atoms with Crippen molar-refractivity contribution in [2.75, 3.05) is 6.61 Å². The van der Waals surface area contributed by atoms with Gasteiger partial charge in [0.25, 0.3) is 0 Å². The minimum absolute atomic E-state index is 0.333. The average Bonchev–Trinajstić information content (AvgIpc) is 2.59. The summed E-state index contributed by atoms with van der Waals surface area (Å²) in [4.78, 5) is 12.2. The van der Waals surface area contributed by atoms with Gasteiger partial charge in [-0.3, -0.25) is 4.79 Å². The highest BCUT2D eigenvalue weighted by Gasteiger charge is 2.11. The molecule has 4 nitrogen and oxygen atoms in total. The van der Waals surface area contributed by atoms with E-state index in [1.807, 2.05) is 12.1 Å². The van der Waals surface area contributed by atoms with E-state index in [0.29, 0.717) is 6.54 Å². The lowest BCUT2D eigenvalue weighted by molar-refractivity contribution is -0.123. The first-order valence-electron chi connectivity index (χ1n) is 4.02. The third-order valence-corrected chi connectivity index (χ3v) is 3.22. The van der Waals surface area contributed by atoms with Crippen molar-refractivity contribution in [2.45, 2.75) is 12.6 Å². The van der Waals surface area contributed by atoms with Crippen LogP contribution in [0.1, 0.15) is 4.88 Å². The molecule has 0 radical (unpaired) electrons. The number of hydrogen-bond acceptors (Lipinski definition) is 4. The van der Waals surface area contributed by atoms with E-state index in [1.165, 1.54) is 0 Å². The summed E-state index contributed by atoms with van der Waals surface area (Å²) >= 11 is 4.87. The Morgan fingerprint density at radius 2 is 2.43 bits per heavy atom. The maximum Gasteiger partial charge on any atom is 0.239 e. The largest absolute Gasteiger partial charge is 0.394 e. The Morgan fingerprint density at radius 3 is 2.93 bits per heavy atom. The molecule has 0 aliphatic heterocycles.